The fourth-order valence-corrected chi connectivity index (χ4v) is 1.86. The van der Waals surface area contributed by atoms with E-state index < -0.39 is 40.4 Å². The summed E-state index contributed by atoms with van der Waals surface area (Å²) in [6.45, 7) is 0. The molecule has 0 amide bonds. The lowest BCUT2D eigenvalue weighted by molar-refractivity contribution is 0.0697. The summed E-state index contributed by atoms with van der Waals surface area (Å²) >= 11 is 5.66. The average Bonchev–Trinajstić information content (AvgIpc) is 2.34. The Morgan fingerprint density at radius 1 is 1.10 bits per heavy atom. The van der Waals surface area contributed by atoms with E-state index in [0.29, 0.717) is 6.07 Å². The summed E-state index contributed by atoms with van der Waals surface area (Å²) in [5.41, 5.74) is -1.25. The van der Waals surface area contributed by atoms with E-state index in [1.807, 2.05) is 0 Å². The molecule has 0 aromatic heterocycles. The SMILES string of the molecule is O=C(O)c1cccc(F)c1Nc1c(F)cc(F)cc1Cl. The number of aromatic carboxylic acids is 1. The monoisotopic (exact) mass is 301 g/mol. The Morgan fingerprint density at radius 3 is 2.40 bits per heavy atom. The largest absolute Gasteiger partial charge is 0.478 e. The summed E-state index contributed by atoms with van der Waals surface area (Å²) in [4.78, 5) is 11.0. The van der Waals surface area contributed by atoms with Gasteiger partial charge in [-0.1, -0.05) is 17.7 Å². The van der Waals surface area contributed by atoms with Gasteiger partial charge >= 0.3 is 5.97 Å². The first kappa shape index (κ1) is 14.2. The Kier molecular flexibility index (Phi) is 3.85. The lowest BCUT2D eigenvalue weighted by atomic mass is 10.1. The average molecular weight is 302 g/mol. The molecule has 0 saturated carbocycles. The highest BCUT2D eigenvalue weighted by Gasteiger charge is 2.18. The number of hydrogen-bond acceptors (Lipinski definition) is 2. The van der Waals surface area contributed by atoms with Crippen LogP contribution in [0.2, 0.25) is 5.02 Å². The normalized spacial score (nSPS) is 10.4. The number of carboxylic acid groups (broad SMARTS) is 1. The first-order valence-electron chi connectivity index (χ1n) is 5.33. The molecule has 0 unspecified atom stereocenters. The predicted molar refractivity (Wildman–Crippen MR) is 68.0 cm³/mol. The first-order valence-corrected chi connectivity index (χ1v) is 5.71. The molecule has 0 aliphatic carbocycles. The van der Waals surface area contributed by atoms with Crippen LogP contribution in [0.3, 0.4) is 0 Å². The second kappa shape index (κ2) is 5.42. The van der Waals surface area contributed by atoms with E-state index in [0.717, 1.165) is 18.2 Å². The molecule has 0 atom stereocenters. The van der Waals surface area contributed by atoms with Crippen molar-refractivity contribution in [3.8, 4) is 0 Å². The van der Waals surface area contributed by atoms with Gasteiger partial charge in [0.15, 0.2) is 5.82 Å². The van der Waals surface area contributed by atoms with Crippen molar-refractivity contribution in [2.75, 3.05) is 5.32 Å². The van der Waals surface area contributed by atoms with Gasteiger partial charge in [-0.3, -0.25) is 0 Å². The van der Waals surface area contributed by atoms with Crippen molar-refractivity contribution in [2.45, 2.75) is 0 Å². The number of hydrogen-bond donors (Lipinski definition) is 2. The van der Waals surface area contributed by atoms with Crippen LogP contribution in [-0.4, -0.2) is 11.1 Å². The van der Waals surface area contributed by atoms with Crippen molar-refractivity contribution < 1.29 is 23.1 Å². The molecule has 0 saturated heterocycles. The molecule has 0 aliphatic heterocycles. The van der Waals surface area contributed by atoms with Gasteiger partial charge in [-0.05, 0) is 18.2 Å². The molecule has 104 valence electrons. The number of rotatable bonds is 3. The van der Waals surface area contributed by atoms with Gasteiger partial charge < -0.3 is 10.4 Å². The van der Waals surface area contributed by atoms with Crippen LogP contribution in [0.25, 0.3) is 0 Å². The number of para-hydroxylation sites is 1. The van der Waals surface area contributed by atoms with Crippen molar-refractivity contribution >= 4 is 28.9 Å². The highest BCUT2D eigenvalue weighted by Crippen LogP contribution is 2.32. The smallest absolute Gasteiger partial charge is 0.337 e. The van der Waals surface area contributed by atoms with E-state index in [2.05, 4.69) is 5.32 Å². The number of carbonyl (C=O) groups is 1. The van der Waals surface area contributed by atoms with Crippen LogP contribution in [0.5, 0.6) is 0 Å². The van der Waals surface area contributed by atoms with Gasteiger partial charge in [0.05, 0.1) is 22.0 Å². The highest BCUT2D eigenvalue weighted by molar-refractivity contribution is 6.33. The summed E-state index contributed by atoms with van der Waals surface area (Å²) in [6, 6.07) is 4.73. The number of benzene rings is 2. The molecule has 0 heterocycles. The summed E-state index contributed by atoms with van der Waals surface area (Å²) in [5.74, 6) is -4.25. The van der Waals surface area contributed by atoms with Crippen LogP contribution >= 0.6 is 11.6 Å². The molecule has 7 heteroatoms. The molecule has 3 nitrogen and oxygen atoms in total. The number of carboxylic acids is 1. The highest BCUT2D eigenvalue weighted by atomic mass is 35.5. The van der Waals surface area contributed by atoms with Gasteiger partial charge in [0.2, 0.25) is 0 Å². The number of anilines is 2. The van der Waals surface area contributed by atoms with Gasteiger partial charge in [-0.2, -0.15) is 0 Å². The molecular weight excluding hydrogens is 295 g/mol. The predicted octanol–water partition coefficient (Wildman–Crippen LogP) is 4.20. The minimum absolute atomic E-state index is 0.331. The first-order chi connectivity index (χ1) is 9.40. The van der Waals surface area contributed by atoms with Crippen LogP contribution in [0.15, 0.2) is 30.3 Å². The van der Waals surface area contributed by atoms with Gasteiger partial charge in [-0.25, -0.2) is 18.0 Å². The third-order valence-electron chi connectivity index (χ3n) is 2.50. The van der Waals surface area contributed by atoms with E-state index in [-0.39, 0.29) is 5.02 Å². The molecule has 0 bridgehead atoms. The molecule has 0 fully saturated rings. The third-order valence-corrected chi connectivity index (χ3v) is 2.80. The fourth-order valence-electron chi connectivity index (χ4n) is 1.62. The summed E-state index contributed by atoms with van der Waals surface area (Å²) in [6.07, 6.45) is 0. The Hall–Kier alpha value is -2.21. The molecule has 0 aliphatic rings. The van der Waals surface area contributed by atoms with Crippen LogP contribution < -0.4 is 5.32 Å². The fraction of sp³-hybridized carbons (Fsp3) is 0. The van der Waals surface area contributed by atoms with Crippen LogP contribution in [0, 0.1) is 17.5 Å². The van der Waals surface area contributed by atoms with E-state index in [1.54, 1.807) is 0 Å². The summed E-state index contributed by atoms with van der Waals surface area (Å²) < 4.78 is 40.2. The van der Waals surface area contributed by atoms with E-state index in [9.17, 15) is 18.0 Å². The Balaban J connectivity index is 2.53. The maximum atomic E-state index is 13.7. The third kappa shape index (κ3) is 2.70. The standard InChI is InChI=1S/C13H7ClF3NO2/c14-8-4-6(15)5-10(17)12(8)18-11-7(13(19)20)2-1-3-9(11)16/h1-5,18H,(H,19,20). The topological polar surface area (TPSA) is 49.3 Å². The molecule has 20 heavy (non-hydrogen) atoms. The minimum Gasteiger partial charge on any atom is -0.478 e. The Labute approximate surface area is 116 Å². The molecule has 2 aromatic rings. The zero-order valence-electron chi connectivity index (χ0n) is 9.75. The van der Waals surface area contributed by atoms with Crippen molar-refractivity contribution in [1.29, 1.82) is 0 Å². The maximum Gasteiger partial charge on any atom is 0.337 e. The summed E-state index contributed by atoms with van der Waals surface area (Å²) in [7, 11) is 0. The van der Waals surface area contributed by atoms with Crippen molar-refractivity contribution in [3.05, 3.63) is 58.4 Å². The number of halogens is 4. The Morgan fingerprint density at radius 2 is 1.80 bits per heavy atom. The molecule has 0 radical (unpaired) electrons. The maximum absolute atomic E-state index is 13.7. The lowest BCUT2D eigenvalue weighted by Crippen LogP contribution is -2.06. The van der Waals surface area contributed by atoms with Crippen LogP contribution in [0.1, 0.15) is 10.4 Å². The molecule has 2 N–H and O–H groups in total. The Bertz CT molecular complexity index is 668. The van der Waals surface area contributed by atoms with Crippen LogP contribution in [0.4, 0.5) is 24.5 Å². The van der Waals surface area contributed by atoms with Crippen molar-refractivity contribution in [2.24, 2.45) is 0 Å². The molecule has 0 spiro atoms. The lowest BCUT2D eigenvalue weighted by Gasteiger charge is -2.12. The quantitative estimate of drug-likeness (QED) is 0.893. The zero-order valence-corrected chi connectivity index (χ0v) is 10.5. The molecular formula is C13H7ClF3NO2. The van der Waals surface area contributed by atoms with Gasteiger partial charge in [-0.15, -0.1) is 0 Å². The van der Waals surface area contributed by atoms with Crippen molar-refractivity contribution in [3.63, 3.8) is 0 Å². The van der Waals surface area contributed by atoms with E-state index in [1.165, 1.54) is 6.07 Å². The van der Waals surface area contributed by atoms with Gasteiger partial charge in [0.1, 0.15) is 11.6 Å². The zero-order chi connectivity index (χ0) is 14.9. The van der Waals surface area contributed by atoms with Gasteiger partial charge in [0.25, 0.3) is 0 Å². The molecule has 2 aromatic carbocycles. The van der Waals surface area contributed by atoms with Crippen LogP contribution in [-0.2, 0) is 0 Å². The molecule has 2 rings (SSSR count). The number of nitrogens with one attached hydrogen (secondary N) is 1. The van der Waals surface area contributed by atoms with Gasteiger partial charge in [0, 0.05) is 6.07 Å². The van der Waals surface area contributed by atoms with E-state index >= 15 is 0 Å². The minimum atomic E-state index is -1.40. The van der Waals surface area contributed by atoms with Crippen molar-refractivity contribution in [1.82, 2.24) is 0 Å². The second-order valence-corrected chi connectivity index (χ2v) is 4.24. The van der Waals surface area contributed by atoms with E-state index in [4.69, 9.17) is 16.7 Å². The summed E-state index contributed by atoms with van der Waals surface area (Å²) in [5, 5.41) is 10.9. The second-order valence-electron chi connectivity index (χ2n) is 3.84.